The van der Waals surface area contributed by atoms with Crippen molar-refractivity contribution in [1.82, 2.24) is 9.97 Å². The number of aromatic nitrogens is 2. The van der Waals surface area contributed by atoms with Gasteiger partial charge in [-0.1, -0.05) is 23.2 Å². The number of aromatic amines is 2. The van der Waals surface area contributed by atoms with E-state index in [1.54, 1.807) is 18.2 Å². The normalized spacial score (nSPS) is 10.8. The second-order valence-corrected chi connectivity index (χ2v) is 5.21. The number of aromatic hydroxyl groups is 1. The van der Waals surface area contributed by atoms with E-state index in [1.165, 1.54) is 0 Å². The molecule has 2 aromatic rings. The second kappa shape index (κ2) is 6.73. The summed E-state index contributed by atoms with van der Waals surface area (Å²) in [6, 6.07) is 4.74. The number of halogens is 2. The van der Waals surface area contributed by atoms with Crippen LogP contribution in [0.15, 0.2) is 32.8 Å². The number of H-pyrrole nitrogens is 2. The smallest absolute Gasteiger partial charge is 0.328 e. The van der Waals surface area contributed by atoms with Crippen LogP contribution in [0.1, 0.15) is 5.56 Å². The van der Waals surface area contributed by atoms with E-state index in [0.717, 1.165) is 6.21 Å². The first-order valence-corrected chi connectivity index (χ1v) is 6.89. The summed E-state index contributed by atoms with van der Waals surface area (Å²) in [4.78, 5) is 30.2. The molecule has 0 aliphatic heterocycles. The summed E-state index contributed by atoms with van der Waals surface area (Å²) in [6.07, 6.45) is 1.01. The molecule has 0 atom stereocenters. The molecule has 0 saturated carbocycles. The Morgan fingerprint density at radius 3 is 2.73 bits per heavy atom. The largest absolute Gasteiger partial charge is 0.494 e. The van der Waals surface area contributed by atoms with Crippen LogP contribution in [0.3, 0.4) is 0 Å². The molecule has 0 spiro atoms. The van der Waals surface area contributed by atoms with Gasteiger partial charge in [0.05, 0.1) is 10.7 Å². The van der Waals surface area contributed by atoms with Gasteiger partial charge < -0.3 is 10.4 Å². The highest BCUT2D eigenvalue weighted by Gasteiger charge is 2.07. The Labute approximate surface area is 138 Å². The number of hydrogen-bond donors (Lipinski definition) is 4. The van der Waals surface area contributed by atoms with E-state index >= 15 is 0 Å². The van der Waals surface area contributed by atoms with Crippen molar-refractivity contribution < 1.29 is 5.11 Å². The maximum Gasteiger partial charge on any atom is 0.328 e. The molecule has 0 bridgehead atoms. The van der Waals surface area contributed by atoms with Crippen LogP contribution in [0.5, 0.6) is 5.88 Å². The number of aliphatic imine (C=N–C) groups is 1. The van der Waals surface area contributed by atoms with Crippen LogP contribution in [-0.4, -0.2) is 26.4 Å². The first-order valence-electron chi connectivity index (χ1n) is 5.72. The lowest BCUT2D eigenvalue weighted by molar-refractivity contribution is 0.447. The molecular weight excluding hydrogens is 351 g/mol. The molecule has 4 N–H and O–H groups in total. The molecule has 0 aliphatic carbocycles. The fourth-order valence-corrected chi connectivity index (χ4v) is 1.97. The number of hydrogen-bond acceptors (Lipinski definition) is 4. The van der Waals surface area contributed by atoms with E-state index in [2.05, 4.69) is 10.3 Å². The van der Waals surface area contributed by atoms with Gasteiger partial charge in [0, 0.05) is 11.2 Å². The summed E-state index contributed by atoms with van der Waals surface area (Å²) in [5, 5.41) is 13.0. The Kier molecular flexibility index (Phi) is 4.96. The molecule has 114 valence electrons. The van der Waals surface area contributed by atoms with E-state index in [1.807, 2.05) is 9.97 Å². The van der Waals surface area contributed by atoms with Crippen molar-refractivity contribution in [3.05, 3.63) is 54.6 Å². The molecule has 1 heterocycles. The van der Waals surface area contributed by atoms with Gasteiger partial charge in [-0.2, -0.15) is 0 Å². The van der Waals surface area contributed by atoms with Gasteiger partial charge in [0.1, 0.15) is 5.56 Å². The summed E-state index contributed by atoms with van der Waals surface area (Å²) in [5.41, 5.74) is -1.42. The van der Waals surface area contributed by atoms with Crippen LogP contribution in [-0.2, 0) is 0 Å². The van der Waals surface area contributed by atoms with Crippen LogP contribution >= 0.6 is 35.4 Å². The van der Waals surface area contributed by atoms with E-state index in [9.17, 15) is 14.7 Å². The van der Waals surface area contributed by atoms with E-state index in [-0.39, 0.29) is 10.7 Å². The quantitative estimate of drug-likeness (QED) is 0.484. The van der Waals surface area contributed by atoms with Crippen LogP contribution < -0.4 is 16.6 Å². The lowest BCUT2D eigenvalue weighted by atomic mass is 10.3. The molecular formula is C12H8Cl2N4O3S. The third kappa shape index (κ3) is 3.94. The highest BCUT2D eigenvalue weighted by atomic mass is 35.5. The predicted octanol–water partition coefficient (Wildman–Crippen LogP) is 1.89. The molecule has 0 amide bonds. The number of anilines is 1. The zero-order valence-electron chi connectivity index (χ0n) is 10.7. The van der Waals surface area contributed by atoms with Crippen LogP contribution in [0.4, 0.5) is 5.69 Å². The second-order valence-electron chi connectivity index (χ2n) is 3.98. The summed E-state index contributed by atoms with van der Waals surface area (Å²) >= 11 is 16.8. The van der Waals surface area contributed by atoms with Gasteiger partial charge in [0.25, 0.3) is 5.56 Å². The molecule has 22 heavy (non-hydrogen) atoms. The van der Waals surface area contributed by atoms with Gasteiger partial charge in [-0.05, 0) is 30.4 Å². The van der Waals surface area contributed by atoms with Crippen molar-refractivity contribution in [2.24, 2.45) is 4.99 Å². The van der Waals surface area contributed by atoms with Gasteiger partial charge in [-0.15, -0.1) is 0 Å². The van der Waals surface area contributed by atoms with Crippen LogP contribution in [0, 0.1) is 0 Å². The Balaban J connectivity index is 2.21. The topological polar surface area (TPSA) is 110 Å². The molecule has 1 aromatic heterocycles. The zero-order valence-corrected chi connectivity index (χ0v) is 13.0. The molecule has 1 aromatic carbocycles. The number of nitrogens with zero attached hydrogens (tertiary/aromatic N) is 1. The van der Waals surface area contributed by atoms with Crippen molar-refractivity contribution in [2.45, 2.75) is 0 Å². The third-order valence-corrected chi connectivity index (χ3v) is 3.21. The number of rotatable bonds is 2. The Hall–Kier alpha value is -2.16. The van der Waals surface area contributed by atoms with Crippen molar-refractivity contribution in [2.75, 3.05) is 5.32 Å². The van der Waals surface area contributed by atoms with Crippen LogP contribution in [0.25, 0.3) is 0 Å². The molecule has 0 radical (unpaired) electrons. The summed E-state index contributed by atoms with van der Waals surface area (Å²) in [7, 11) is 0. The van der Waals surface area contributed by atoms with Gasteiger partial charge in [-0.3, -0.25) is 14.8 Å². The van der Waals surface area contributed by atoms with Gasteiger partial charge in [-0.25, -0.2) is 9.79 Å². The lowest BCUT2D eigenvalue weighted by Crippen LogP contribution is -2.25. The fraction of sp³-hybridized carbons (Fsp3) is 0. The molecule has 10 heteroatoms. The Morgan fingerprint density at radius 2 is 2.05 bits per heavy atom. The highest BCUT2D eigenvalue weighted by molar-refractivity contribution is 7.80. The molecule has 2 rings (SSSR count). The zero-order chi connectivity index (χ0) is 16.3. The minimum absolute atomic E-state index is 0.0193. The molecule has 0 aliphatic rings. The average Bonchev–Trinajstić information content (AvgIpc) is 2.41. The molecule has 0 saturated heterocycles. The number of nitrogens with one attached hydrogen (secondary N) is 3. The Bertz CT molecular complexity index is 875. The fourth-order valence-electron chi connectivity index (χ4n) is 1.47. The first-order chi connectivity index (χ1) is 10.4. The predicted molar refractivity (Wildman–Crippen MR) is 89.6 cm³/mol. The van der Waals surface area contributed by atoms with E-state index in [4.69, 9.17) is 35.4 Å². The summed E-state index contributed by atoms with van der Waals surface area (Å²) < 4.78 is 0. The van der Waals surface area contributed by atoms with E-state index in [0.29, 0.717) is 15.7 Å². The molecule has 0 fully saturated rings. The van der Waals surface area contributed by atoms with Crippen LogP contribution in [0.2, 0.25) is 10.0 Å². The average molecular weight is 359 g/mol. The number of thiocarbonyl (C=S) groups is 1. The van der Waals surface area contributed by atoms with Gasteiger partial charge in [0.2, 0.25) is 5.88 Å². The maximum atomic E-state index is 11.5. The number of benzene rings is 1. The highest BCUT2D eigenvalue weighted by Crippen LogP contribution is 2.25. The van der Waals surface area contributed by atoms with Crippen molar-refractivity contribution >= 4 is 52.4 Å². The lowest BCUT2D eigenvalue weighted by Gasteiger charge is -2.06. The Morgan fingerprint density at radius 1 is 1.32 bits per heavy atom. The minimum atomic E-state index is -0.828. The standard InChI is InChI=1S/C12H8Cl2N4O3S/c13-5-1-2-7(14)8(3-5)16-12(22)15-4-6-9(19)17-11(21)18-10(6)20/h1-4H,(H,16,22)(H3,17,18,19,20,21)/b15-4-. The van der Waals surface area contributed by atoms with Gasteiger partial charge in [0.15, 0.2) is 5.11 Å². The van der Waals surface area contributed by atoms with Crippen molar-refractivity contribution in [1.29, 1.82) is 0 Å². The molecule has 0 unspecified atom stereocenters. The SMILES string of the molecule is O=c1[nH]c(O)c(/C=N\C(=S)Nc2cc(Cl)ccc2Cl)c(=O)[nH]1. The summed E-state index contributed by atoms with van der Waals surface area (Å²) in [6.45, 7) is 0. The van der Waals surface area contributed by atoms with Crippen molar-refractivity contribution in [3.8, 4) is 5.88 Å². The minimum Gasteiger partial charge on any atom is -0.494 e. The molecule has 7 nitrogen and oxygen atoms in total. The van der Waals surface area contributed by atoms with E-state index < -0.39 is 17.1 Å². The summed E-state index contributed by atoms with van der Waals surface area (Å²) in [5.74, 6) is -0.610. The van der Waals surface area contributed by atoms with Gasteiger partial charge >= 0.3 is 5.69 Å². The monoisotopic (exact) mass is 358 g/mol. The first kappa shape index (κ1) is 16.2. The third-order valence-electron chi connectivity index (χ3n) is 2.44. The van der Waals surface area contributed by atoms with Crippen molar-refractivity contribution in [3.63, 3.8) is 0 Å². The maximum absolute atomic E-state index is 11.5.